The number of aliphatic hydroxyl groups is 1. The molecule has 1 unspecified atom stereocenters. The van der Waals surface area contributed by atoms with Crippen molar-refractivity contribution in [3.63, 3.8) is 0 Å². The third-order valence-electron chi connectivity index (χ3n) is 2.57. The molecule has 0 amide bonds. The molecule has 1 heterocycles. The molecule has 1 aromatic heterocycles. The third-order valence-corrected chi connectivity index (χ3v) is 2.57. The fourth-order valence-corrected chi connectivity index (χ4v) is 1.76. The van der Waals surface area contributed by atoms with Crippen molar-refractivity contribution in [3.05, 3.63) is 6.07 Å². The van der Waals surface area contributed by atoms with Gasteiger partial charge >= 0.3 is 0 Å². The summed E-state index contributed by atoms with van der Waals surface area (Å²) in [6.07, 6.45) is 2.96. The predicted molar refractivity (Wildman–Crippen MR) is 69.4 cm³/mol. The number of nitrogens with zero attached hydrogens (tertiary/aromatic N) is 2. The molecule has 0 saturated heterocycles. The second-order valence-corrected chi connectivity index (χ2v) is 4.08. The van der Waals surface area contributed by atoms with Crippen LogP contribution in [0.15, 0.2) is 6.07 Å². The lowest BCUT2D eigenvalue weighted by Gasteiger charge is -2.16. The Hall–Kier alpha value is -1.56. The Balaban J connectivity index is 2.52. The van der Waals surface area contributed by atoms with Gasteiger partial charge in [-0.25, -0.2) is 0 Å². The molecule has 17 heavy (non-hydrogen) atoms. The monoisotopic (exact) mass is 239 g/mol. The quantitative estimate of drug-likeness (QED) is 0.561. The summed E-state index contributed by atoms with van der Waals surface area (Å²) >= 11 is 0. The van der Waals surface area contributed by atoms with Crippen molar-refractivity contribution in [1.29, 1.82) is 0 Å². The van der Waals surface area contributed by atoms with Crippen molar-refractivity contribution < 1.29 is 5.11 Å². The molecule has 0 fully saturated rings. The van der Waals surface area contributed by atoms with Gasteiger partial charge in [0.2, 0.25) is 5.95 Å². The lowest BCUT2D eigenvalue weighted by atomic mass is 10.0. The number of nitrogens with two attached hydrogens (primary N) is 2. The minimum absolute atomic E-state index is 0.168. The van der Waals surface area contributed by atoms with E-state index < -0.39 is 0 Å². The molecular formula is C11H21N5O. The lowest BCUT2D eigenvalue weighted by molar-refractivity contribution is 0.255. The van der Waals surface area contributed by atoms with Crippen molar-refractivity contribution in [3.8, 4) is 0 Å². The summed E-state index contributed by atoms with van der Waals surface area (Å²) in [4.78, 5) is 7.84. The maximum Gasteiger partial charge on any atom is 0.223 e. The number of hydrogen-bond acceptors (Lipinski definition) is 6. The van der Waals surface area contributed by atoms with E-state index in [1.165, 1.54) is 0 Å². The van der Waals surface area contributed by atoms with Crippen LogP contribution in [-0.4, -0.2) is 28.2 Å². The molecule has 0 aliphatic rings. The summed E-state index contributed by atoms with van der Waals surface area (Å²) in [6, 6.07) is 1.65. The van der Waals surface area contributed by atoms with E-state index in [1.807, 2.05) is 0 Å². The third kappa shape index (κ3) is 4.86. The summed E-state index contributed by atoms with van der Waals surface area (Å²) in [5.74, 6) is 1.59. The van der Waals surface area contributed by atoms with Gasteiger partial charge in [0.15, 0.2) is 0 Å². The van der Waals surface area contributed by atoms with Crippen LogP contribution in [0.4, 0.5) is 17.6 Å². The van der Waals surface area contributed by atoms with E-state index in [4.69, 9.17) is 16.6 Å². The highest BCUT2D eigenvalue weighted by atomic mass is 16.3. The van der Waals surface area contributed by atoms with Crippen LogP contribution in [0.25, 0.3) is 0 Å². The van der Waals surface area contributed by atoms with Gasteiger partial charge in [0.25, 0.3) is 0 Å². The summed E-state index contributed by atoms with van der Waals surface area (Å²) in [5.41, 5.74) is 11.1. The van der Waals surface area contributed by atoms with Crippen LogP contribution in [0, 0.1) is 5.92 Å². The van der Waals surface area contributed by atoms with Crippen LogP contribution in [0.5, 0.6) is 0 Å². The van der Waals surface area contributed by atoms with E-state index in [0.29, 0.717) is 17.6 Å². The highest BCUT2D eigenvalue weighted by molar-refractivity contribution is 5.48. The minimum Gasteiger partial charge on any atom is -0.396 e. The van der Waals surface area contributed by atoms with E-state index >= 15 is 0 Å². The van der Waals surface area contributed by atoms with Crippen molar-refractivity contribution in [2.75, 3.05) is 29.9 Å². The minimum atomic E-state index is 0.168. The smallest absolute Gasteiger partial charge is 0.223 e. The fourth-order valence-electron chi connectivity index (χ4n) is 1.76. The normalized spacial score (nSPS) is 12.4. The standard InChI is InChI=1S/C11H21N5O/c1-2-3-8(4-5-17)7-14-10-6-9(12)15-11(13)16-10/h6,8,17H,2-5,7H2,1H3,(H5,12,13,14,15,16). The number of hydrogen-bond donors (Lipinski definition) is 4. The first-order chi connectivity index (χ1) is 8.15. The topological polar surface area (TPSA) is 110 Å². The average Bonchev–Trinajstić information content (AvgIpc) is 2.25. The van der Waals surface area contributed by atoms with Crippen molar-refractivity contribution >= 4 is 17.6 Å². The van der Waals surface area contributed by atoms with E-state index in [9.17, 15) is 0 Å². The van der Waals surface area contributed by atoms with Gasteiger partial charge in [-0.15, -0.1) is 0 Å². The van der Waals surface area contributed by atoms with Gasteiger partial charge in [-0.2, -0.15) is 9.97 Å². The molecule has 1 atom stereocenters. The Kier molecular flexibility index (Phi) is 5.48. The summed E-state index contributed by atoms with van der Waals surface area (Å²) < 4.78 is 0. The highest BCUT2D eigenvalue weighted by Crippen LogP contribution is 2.14. The number of nitrogen functional groups attached to an aromatic ring is 2. The van der Waals surface area contributed by atoms with Crippen LogP contribution in [0.1, 0.15) is 26.2 Å². The van der Waals surface area contributed by atoms with E-state index in [2.05, 4.69) is 22.2 Å². The van der Waals surface area contributed by atoms with E-state index in [0.717, 1.165) is 25.8 Å². The SMILES string of the molecule is CCCC(CCO)CNc1cc(N)nc(N)n1. The zero-order valence-corrected chi connectivity index (χ0v) is 10.2. The number of nitrogens with one attached hydrogen (secondary N) is 1. The molecule has 6 heteroatoms. The maximum absolute atomic E-state index is 8.96. The summed E-state index contributed by atoms with van der Waals surface area (Å²) in [5, 5.41) is 12.1. The predicted octanol–water partition coefficient (Wildman–Crippen LogP) is 0.852. The fraction of sp³-hybridized carbons (Fsp3) is 0.636. The lowest BCUT2D eigenvalue weighted by Crippen LogP contribution is -2.17. The van der Waals surface area contributed by atoms with Gasteiger partial charge in [0.1, 0.15) is 11.6 Å². The molecule has 0 aliphatic carbocycles. The highest BCUT2D eigenvalue weighted by Gasteiger charge is 2.08. The Bertz CT molecular complexity index is 318. The molecule has 0 aliphatic heterocycles. The van der Waals surface area contributed by atoms with Gasteiger partial charge in [-0.1, -0.05) is 13.3 Å². The van der Waals surface area contributed by atoms with Gasteiger partial charge in [-0.05, 0) is 18.8 Å². The molecular weight excluding hydrogens is 218 g/mol. The molecule has 0 bridgehead atoms. The first-order valence-electron chi connectivity index (χ1n) is 5.90. The second kappa shape index (κ2) is 6.90. The van der Waals surface area contributed by atoms with Crippen LogP contribution in [0.2, 0.25) is 0 Å². The summed E-state index contributed by atoms with van der Waals surface area (Å²) in [7, 11) is 0. The van der Waals surface area contributed by atoms with Crippen molar-refractivity contribution in [2.24, 2.45) is 5.92 Å². The first kappa shape index (κ1) is 13.5. The first-order valence-corrected chi connectivity index (χ1v) is 5.90. The zero-order valence-electron chi connectivity index (χ0n) is 10.2. The van der Waals surface area contributed by atoms with Gasteiger partial charge in [0, 0.05) is 19.2 Å². The molecule has 6 nitrogen and oxygen atoms in total. The van der Waals surface area contributed by atoms with Gasteiger partial charge in [0.05, 0.1) is 0 Å². The van der Waals surface area contributed by atoms with Crippen LogP contribution >= 0.6 is 0 Å². The maximum atomic E-state index is 8.96. The van der Waals surface area contributed by atoms with E-state index in [1.54, 1.807) is 6.07 Å². The van der Waals surface area contributed by atoms with E-state index in [-0.39, 0.29) is 12.6 Å². The van der Waals surface area contributed by atoms with Crippen LogP contribution < -0.4 is 16.8 Å². The largest absolute Gasteiger partial charge is 0.396 e. The Labute approximate surface area is 101 Å². The molecule has 0 radical (unpaired) electrons. The van der Waals surface area contributed by atoms with Crippen LogP contribution in [-0.2, 0) is 0 Å². The molecule has 1 rings (SSSR count). The van der Waals surface area contributed by atoms with Gasteiger partial charge in [-0.3, -0.25) is 0 Å². The molecule has 0 saturated carbocycles. The molecule has 1 aromatic rings. The summed E-state index contributed by atoms with van der Waals surface area (Å²) in [6.45, 7) is 3.09. The van der Waals surface area contributed by atoms with Crippen LogP contribution in [0.3, 0.4) is 0 Å². The Morgan fingerprint density at radius 3 is 2.71 bits per heavy atom. The molecule has 96 valence electrons. The Morgan fingerprint density at radius 2 is 2.12 bits per heavy atom. The van der Waals surface area contributed by atoms with Crippen molar-refractivity contribution in [1.82, 2.24) is 9.97 Å². The number of rotatable bonds is 7. The zero-order chi connectivity index (χ0) is 12.7. The Morgan fingerprint density at radius 1 is 1.35 bits per heavy atom. The average molecular weight is 239 g/mol. The number of aliphatic hydroxyl groups excluding tert-OH is 1. The molecule has 6 N–H and O–H groups in total. The molecule has 0 aromatic carbocycles. The van der Waals surface area contributed by atoms with Crippen molar-refractivity contribution in [2.45, 2.75) is 26.2 Å². The number of anilines is 3. The second-order valence-electron chi connectivity index (χ2n) is 4.08. The van der Waals surface area contributed by atoms with Gasteiger partial charge < -0.3 is 21.9 Å². The molecule has 0 spiro atoms. The number of aromatic nitrogens is 2.